The van der Waals surface area contributed by atoms with Crippen LogP contribution in [0.3, 0.4) is 0 Å². The molecule has 0 radical (unpaired) electrons. The molecule has 0 aliphatic heterocycles. The Bertz CT molecular complexity index is 432. The molecule has 1 nitrogen and oxygen atoms in total. The summed E-state index contributed by atoms with van der Waals surface area (Å²) >= 11 is 0. The molecule has 1 N–H and O–H groups in total. The zero-order valence-corrected chi connectivity index (χ0v) is 12.1. The first-order chi connectivity index (χ1) is 9.09. The minimum atomic E-state index is -4.63. The molecule has 0 amide bonds. The van der Waals surface area contributed by atoms with Gasteiger partial charge >= 0.3 is 6.18 Å². The van der Waals surface area contributed by atoms with Gasteiger partial charge in [-0.2, -0.15) is 13.2 Å². The Morgan fingerprint density at radius 3 is 2.25 bits per heavy atom. The SMILES string of the molecule is CC(C)(C)NCCCCc1ccc(F)c(C(F)(F)F)c1. The summed E-state index contributed by atoms with van der Waals surface area (Å²) < 4.78 is 50.8. The predicted molar refractivity (Wildman–Crippen MR) is 72.1 cm³/mol. The maximum absolute atomic E-state index is 13.1. The second-order valence-corrected chi connectivity index (χ2v) is 5.95. The van der Waals surface area contributed by atoms with Crippen LogP contribution in [0.1, 0.15) is 44.7 Å². The van der Waals surface area contributed by atoms with Gasteiger partial charge in [0.1, 0.15) is 5.82 Å². The van der Waals surface area contributed by atoms with E-state index in [1.165, 1.54) is 6.07 Å². The van der Waals surface area contributed by atoms with Gasteiger partial charge in [-0.15, -0.1) is 0 Å². The molecule has 0 fully saturated rings. The van der Waals surface area contributed by atoms with Gasteiger partial charge in [0.05, 0.1) is 5.56 Å². The Labute approximate surface area is 117 Å². The Kier molecular flexibility index (Phi) is 5.57. The number of unbranched alkanes of at least 4 members (excludes halogenated alkanes) is 1. The summed E-state index contributed by atoms with van der Waals surface area (Å²) in [7, 11) is 0. The minimum absolute atomic E-state index is 0.0410. The molecule has 20 heavy (non-hydrogen) atoms. The first-order valence-electron chi connectivity index (χ1n) is 6.70. The summed E-state index contributed by atoms with van der Waals surface area (Å²) in [5.74, 6) is -1.21. The zero-order chi connectivity index (χ0) is 15.4. The molecule has 0 spiro atoms. The van der Waals surface area contributed by atoms with Crippen LogP contribution < -0.4 is 5.32 Å². The lowest BCUT2D eigenvalue weighted by Gasteiger charge is -2.20. The number of alkyl halides is 3. The molecule has 0 aliphatic carbocycles. The molecule has 0 saturated heterocycles. The summed E-state index contributed by atoms with van der Waals surface area (Å²) in [6.45, 7) is 6.99. The zero-order valence-electron chi connectivity index (χ0n) is 12.1. The van der Waals surface area contributed by atoms with Crippen LogP contribution in [0, 0.1) is 5.82 Å². The van der Waals surface area contributed by atoms with Crippen molar-refractivity contribution in [2.24, 2.45) is 0 Å². The highest BCUT2D eigenvalue weighted by molar-refractivity contribution is 5.27. The molecule has 1 aromatic rings. The standard InChI is InChI=1S/C15H21F4N/c1-14(2,3)20-9-5-4-6-11-7-8-13(16)12(10-11)15(17,18)19/h7-8,10,20H,4-6,9H2,1-3H3. The van der Waals surface area contributed by atoms with E-state index in [2.05, 4.69) is 26.1 Å². The van der Waals surface area contributed by atoms with Gasteiger partial charge in [-0.25, -0.2) is 4.39 Å². The van der Waals surface area contributed by atoms with E-state index < -0.39 is 17.6 Å². The first kappa shape index (κ1) is 17.0. The molecule has 0 saturated carbocycles. The van der Waals surface area contributed by atoms with Gasteiger partial charge in [0.15, 0.2) is 0 Å². The fraction of sp³-hybridized carbons (Fsp3) is 0.600. The maximum Gasteiger partial charge on any atom is 0.419 e. The van der Waals surface area contributed by atoms with Crippen LogP contribution in [0.25, 0.3) is 0 Å². The van der Waals surface area contributed by atoms with Crippen LogP contribution in [0.2, 0.25) is 0 Å². The Morgan fingerprint density at radius 2 is 1.70 bits per heavy atom. The largest absolute Gasteiger partial charge is 0.419 e. The van der Waals surface area contributed by atoms with Crippen molar-refractivity contribution in [1.82, 2.24) is 5.32 Å². The fourth-order valence-corrected chi connectivity index (χ4v) is 1.86. The molecule has 114 valence electrons. The third-order valence-electron chi connectivity index (χ3n) is 2.88. The van der Waals surface area contributed by atoms with Crippen molar-refractivity contribution in [3.05, 3.63) is 35.1 Å². The number of benzene rings is 1. The summed E-state index contributed by atoms with van der Waals surface area (Å²) in [4.78, 5) is 0. The van der Waals surface area contributed by atoms with Crippen molar-refractivity contribution >= 4 is 0 Å². The van der Waals surface area contributed by atoms with E-state index >= 15 is 0 Å². The summed E-state index contributed by atoms with van der Waals surface area (Å²) in [5, 5.41) is 3.31. The number of nitrogens with one attached hydrogen (secondary N) is 1. The smallest absolute Gasteiger partial charge is 0.312 e. The molecule has 0 aliphatic rings. The number of rotatable bonds is 5. The van der Waals surface area contributed by atoms with Crippen molar-refractivity contribution in [3.8, 4) is 0 Å². The molecule has 0 heterocycles. The fourth-order valence-electron chi connectivity index (χ4n) is 1.86. The minimum Gasteiger partial charge on any atom is -0.312 e. The highest BCUT2D eigenvalue weighted by atomic mass is 19.4. The van der Waals surface area contributed by atoms with E-state index in [-0.39, 0.29) is 5.54 Å². The molecular weight excluding hydrogens is 270 g/mol. The molecular formula is C15H21F4N. The number of hydrogen-bond acceptors (Lipinski definition) is 1. The van der Waals surface area contributed by atoms with Gasteiger partial charge in [-0.3, -0.25) is 0 Å². The third-order valence-corrected chi connectivity index (χ3v) is 2.88. The molecule has 5 heteroatoms. The Balaban J connectivity index is 2.49. The molecule has 0 aromatic heterocycles. The monoisotopic (exact) mass is 291 g/mol. The molecule has 0 bridgehead atoms. The summed E-state index contributed by atoms with van der Waals surface area (Å²) in [6.07, 6.45) is -2.47. The van der Waals surface area contributed by atoms with Crippen LogP contribution >= 0.6 is 0 Å². The van der Waals surface area contributed by atoms with Gasteiger partial charge in [0, 0.05) is 5.54 Å². The van der Waals surface area contributed by atoms with E-state index in [0.29, 0.717) is 12.0 Å². The van der Waals surface area contributed by atoms with Crippen molar-refractivity contribution < 1.29 is 17.6 Å². The Hall–Kier alpha value is -1.10. The first-order valence-corrected chi connectivity index (χ1v) is 6.70. The lowest BCUT2D eigenvalue weighted by Crippen LogP contribution is -2.36. The van der Waals surface area contributed by atoms with Crippen molar-refractivity contribution in [2.75, 3.05) is 6.54 Å². The predicted octanol–water partition coefficient (Wildman–Crippen LogP) is 4.56. The molecule has 1 rings (SSSR count). The normalized spacial score (nSPS) is 12.8. The highest BCUT2D eigenvalue weighted by Gasteiger charge is 2.34. The molecule has 0 atom stereocenters. The summed E-state index contributed by atoms with van der Waals surface area (Å²) in [5.41, 5.74) is -0.614. The van der Waals surface area contributed by atoms with Crippen molar-refractivity contribution in [3.63, 3.8) is 0 Å². The third kappa shape index (κ3) is 5.90. The van der Waals surface area contributed by atoms with Crippen LogP contribution in [0.4, 0.5) is 17.6 Å². The highest BCUT2D eigenvalue weighted by Crippen LogP contribution is 2.32. The topological polar surface area (TPSA) is 12.0 Å². The van der Waals surface area contributed by atoms with Gasteiger partial charge in [-0.1, -0.05) is 6.07 Å². The van der Waals surface area contributed by atoms with Crippen LogP contribution in [-0.2, 0) is 12.6 Å². The van der Waals surface area contributed by atoms with Gasteiger partial charge in [-0.05, 0) is 64.3 Å². The van der Waals surface area contributed by atoms with Crippen LogP contribution in [0.15, 0.2) is 18.2 Å². The van der Waals surface area contributed by atoms with Gasteiger partial charge in [0.25, 0.3) is 0 Å². The van der Waals surface area contributed by atoms with Gasteiger partial charge < -0.3 is 5.32 Å². The molecule has 1 aromatic carbocycles. The van der Waals surface area contributed by atoms with Gasteiger partial charge in [0.2, 0.25) is 0 Å². The number of aryl methyl sites for hydroxylation is 1. The van der Waals surface area contributed by atoms with E-state index in [1.54, 1.807) is 0 Å². The Morgan fingerprint density at radius 1 is 1.05 bits per heavy atom. The number of hydrogen-bond donors (Lipinski definition) is 1. The van der Waals surface area contributed by atoms with E-state index in [0.717, 1.165) is 31.5 Å². The van der Waals surface area contributed by atoms with E-state index in [1.807, 2.05) is 0 Å². The van der Waals surface area contributed by atoms with Crippen molar-refractivity contribution in [2.45, 2.75) is 51.7 Å². The average molecular weight is 291 g/mol. The lowest BCUT2D eigenvalue weighted by atomic mass is 10.0. The van der Waals surface area contributed by atoms with Crippen LogP contribution in [0.5, 0.6) is 0 Å². The maximum atomic E-state index is 13.1. The van der Waals surface area contributed by atoms with Crippen LogP contribution in [-0.4, -0.2) is 12.1 Å². The average Bonchev–Trinajstić information content (AvgIpc) is 2.27. The second kappa shape index (κ2) is 6.57. The quantitative estimate of drug-likeness (QED) is 0.619. The summed E-state index contributed by atoms with van der Waals surface area (Å²) in [6, 6.07) is 3.22. The van der Waals surface area contributed by atoms with E-state index in [9.17, 15) is 17.6 Å². The second-order valence-electron chi connectivity index (χ2n) is 5.95. The van der Waals surface area contributed by atoms with Crippen molar-refractivity contribution in [1.29, 1.82) is 0 Å². The molecule has 0 unspecified atom stereocenters. The lowest BCUT2D eigenvalue weighted by molar-refractivity contribution is -0.140. The number of halogens is 4. The van der Waals surface area contributed by atoms with E-state index in [4.69, 9.17) is 0 Å².